The van der Waals surface area contributed by atoms with Gasteiger partial charge in [-0.15, -0.1) is 11.3 Å². The summed E-state index contributed by atoms with van der Waals surface area (Å²) < 4.78 is 0. The van der Waals surface area contributed by atoms with Crippen LogP contribution in [0.1, 0.15) is 26.4 Å². The molecule has 1 atom stereocenters. The molecular weight excluding hydrogens is 456 g/mol. The van der Waals surface area contributed by atoms with E-state index in [-0.39, 0.29) is 11.8 Å². The fraction of sp³-hybridized carbons (Fsp3) is 0.286. The smallest absolute Gasteiger partial charge is 0.262 e. The number of carbonyl (C=O) groups excluding carboxylic acids is 2. The molecule has 6 nitrogen and oxygen atoms in total. The molecule has 2 amide bonds. The number of aromatic nitrogens is 1. The number of hydrogen-bond acceptors (Lipinski definition) is 4. The third-order valence-electron chi connectivity index (χ3n) is 6.62. The van der Waals surface area contributed by atoms with Crippen LogP contribution in [0, 0.1) is 6.92 Å². The van der Waals surface area contributed by atoms with Gasteiger partial charge in [0.25, 0.3) is 5.91 Å². The molecular formula is C28H30N4O2S. The molecule has 35 heavy (non-hydrogen) atoms. The van der Waals surface area contributed by atoms with Crippen molar-refractivity contribution in [2.24, 2.45) is 0 Å². The first-order valence-electron chi connectivity index (χ1n) is 12.0. The van der Waals surface area contributed by atoms with Crippen LogP contribution >= 0.6 is 11.3 Å². The van der Waals surface area contributed by atoms with Gasteiger partial charge in [0.15, 0.2) is 0 Å². The van der Waals surface area contributed by atoms with E-state index in [1.807, 2.05) is 46.8 Å². The quantitative estimate of drug-likeness (QED) is 0.411. The van der Waals surface area contributed by atoms with Crippen LogP contribution in [0.5, 0.6) is 0 Å². The number of aromatic amines is 1. The summed E-state index contributed by atoms with van der Waals surface area (Å²) in [6, 6.07) is 19.6. The SMILES string of the molecule is Cc1cccc(CN2CCN(C(=O)C(Cc3c[nH]c4ccccc34)NC(=O)c3cccs3)CC2)c1. The van der Waals surface area contributed by atoms with Gasteiger partial charge in [-0.1, -0.05) is 54.1 Å². The molecule has 2 aromatic heterocycles. The summed E-state index contributed by atoms with van der Waals surface area (Å²) >= 11 is 1.38. The summed E-state index contributed by atoms with van der Waals surface area (Å²) in [7, 11) is 0. The topological polar surface area (TPSA) is 68.4 Å². The Balaban J connectivity index is 1.28. The highest BCUT2D eigenvalue weighted by Crippen LogP contribution is 2.21. The van der Waals surface area contributed by atoms with E-state index < -0.39 is 6.04 Å². The molecule has 1 aliphatic rings. The molecule has 2 aromatic carbocycles. The summed E-state index contributed by atoms with van der Waals surface area (Å²) in [5.74, 6) is -0.216. The number of para-hydroxylation sites is 1. The van der Waals surface area contributed by atoms with Crippen molar-refractivity contribution in [2.45, 2.75) is 25.9 Å². The third-order valence-corrected chi connectivity index (χ3v) is 7.49. The minimum atomic E-state index is -0.618. The van der Waals surface area contributed by atoms with Crippen LogP contribution in [0.4, 0.5) is 0 Å². The molecule has 5 rings (SSSR count). The van der Waals surface area contributed by atoms with E-state index in [0.29, 0.717) is 24.4 Å². The zero-order valence-electron chi connectivity index (χ0n) is 19.9. The highest BCUT2D eigenvalue weighted by atomic mass is 32.1. The van der Waals surface area contributed by atoms with Gasteiger partial charge in [-0.3, -0.25) is 14.5 Å². The number of thiophene rings is 1. The van der Waals surface area contributed by atoms with Crippen LogP contribution in [-0.4, -0.2) is 58.8 Å². The summed E-state index contributed by atoms with van der Waals surface area (Å²) in [6.07, 6.45) is 2.39. The number of benzene rings is 2. The van der Waals surface area contributed by atoms with Crippen LogP contribution in [-0.2, 0) is 17.8 Å². The zero-order valence-corrected chi connectivity index (χ0v) is 20.7. The molecule has 0 saturated carbocycles. The van der Waals surface area contributed by atoms with E-state index in [2.05, 4.69) is 46.4 Å². The molecule has 1 aliphatic heterocycles. The number of hydrogen-bond donors (Lipinski definition) is 2. The Hall–Kier alpha value is -3.42. The number of aryl methyl sites for hydroxylation is 1. The van der Waals surface area contributed by atoms with Gasteiger partial charge in [-0.25, -0.2) is 0 Å². The van der Waals surface area contributed by atoms with E-state index in [1.165, 1.54) is 22.5 Å². The van der Waals surface area contributed by atoms with Gasteiger partial charge in [0.1, 0.15) is 6.04 Å². The molecule has 4 aromatic rings. The van der Waals surface area contributed by atoms with Gasteiger partial charge in [0.2, 0.25) is 5.91 Å². The maximum Gasteiger partial charge on any atom is 0.262 e. The molecule has 180 valence electrons. The first-order valence-corrected chi connectivity index (χ1v) is 12.9. The first-order chi connectivity index (χ1) is 17.1. The van der Waals surface area contributed by atoms with Crippen molar-refractivity contribution in [1.29, 1.82) is 0 Å². The third kappa shape index (κ3) is 5.47. The van der Waals surface area contributed by atoms with Crippen LogP contribution < -0.4 is 5.32 Å². The number of fused-ring (bicyclic) bond motifs is 1. The average Bonchev–Trinajstić information content (AvgIpc) is 3.55. The lowest BCUT2D eigenvalue weighted by Gasteiger charge is -2.36. The van der Waals surface area contributed by atoms with E-state index in [1.54, 1.807) is 6.07 Å². The highest BCUT2D eigenvalue weighted by molar-refractivity contribution is 7.12. The predicted octanol–water partition coefficient (Wildman–Crippen LogP) is 4.22. The molecule has 7 heteroatoms. The number of H-pyrrole nitrogens is 1. The van der Waals surface area contributed by atoms with Crippen molar-refractivity contribution < 1.29 is 9.59 Å². The summed E-state index contributed by atoms with van der Waals surface area (Å²) in [6.45, 7) is 5.94. The zero-order chi connectivity index (χ0) is 24.2. The van der Waals surface area contributed by atoms with E-state index >= 15 is 0 Å². The van der Waals surface area contributed by atoms with Crippen molar-refractivity contribution >= 4 is 34.1 Å². The van der Waals surface area contributed by atoms with Gasteiger partial charge >= 0.3 is 0 Å². The number of carbonyl (C=O) groups is 2. The summed E-state index contributed by atoms with van der Waals surface area (Å²) in [4.78, 5) is 34.7. The predicted molar refractivity (Wildman–Crippen MR) is 141 cm³/mol. The van der Waals surface area contributed by atoms with Crippen molar-refractivity contribution in [1.82, 2.24) is 20.1 Å². The number of nitrogens with zero attached hydrogens (tertiary/aromatic N) is 2. The lowest BCUT2D eigenvalue weighted by atomic mass is 10.0. The molecule has 1 unspecified atom stereocenters. The summed E-state index contributed by atoms with van der Waals surface area (Å²) in [5, 5.41) is 5.99. The normalized spacial score (nSPS) is 15.3. The Bertz CT molecular complexity index is 1310. The minimum absolute atomic E-state index is 0.0182. The molecule has 3 heterocycles. The summed E-state index contributed by atoms with van der Waals surface area (Å²) in [5.41, 5.74) is 4.62. The lowest BCUT2D eigenvalue weighted by Crippen LogP contribution is -2.55. The van der Waals surface area contributed by atoms with Crippen LogP contribution in [0.3, 0.4) is 0 Å². The van der Waals surface area contributed by atoms with Crippen LogP contribution in [0.25, 0.3) is 10.9 Å². The van der Waals surface area contributed by atoms with Crippen molar-refractivity contribution in [3.05, 3.63) is 93.8 Å². The molecule has 0 bridgehead atoms. The number of amides is 2. The maximum atomic E-state index is 13.7. The largest absolute Gasteiger partial charge is 0.361 e. The van der Waals surface area contributed by atoms with Gasteiger partial charge in [-0.2, -0.15) is 0 Å². The second-order valence-corrected chi connectivity index (χ2v) is 10.1. The Morgan fingerprint density at radius 2 is 1.86 bits per heavy atom. The fourth-order valence-electron chi connectivity index (χ4n) is 4.77. The van der Waals surface area contributed by atoms with Gasteiger partial charge in [-0.05, 0) is 35.6 Å². The number of rotatable bonds is 7. The fourth-order valence-corrected chi connectivity index (χ4v) is 5.40. The van der Waals surface area contributed by atoms with Crippen LogP contribution in [0.15, 0.2) is 72.2 Å². The van der Waals surface area contributed by atoms with Crippen molar-refractivity contribution in [3.8, 4) is 0 Å². The Morgan fingerprint density at radius 1 is 1.03 bits per heavy atom. The molecule has 0 spiro atoms. The molecule has 0 aliphatic carbocycles. The first kappa shape index (κ1) is 23.3. The standard InChI is InChI=1S/C28H30N4O2S/c1-20-6-4-7-21(16-20)19-31-11-13-32(14-12-31)28(34)25(30-27(33)26-10-5-15-35-26)17-22-18-29-24-9-3-2-8-23(22)24/h2-10,15-16,18,25,29H,11-14,17,19H2,1H3,(H,30,33). The molecule has 1 fully saturated rings. The lowest BCUT2D eigenvalue weighted by molar-refractivity contribution is -0.135. The Morgan fingerprint density at radius 3 is 2.63 bits per heavy atom. The van der Waals surface area contributed by atoms with E-state index in [4.69, 9.17) is 0 Å². The Kier molecular flexibility index (Phi) is 6.97. The molecule has 1 saturated heterocycles. The van der Waals surface area contributed by atoms with Crippen LogP contribution in [0.2, 0.25) is 0 Å². The Labute approximate surface area is 209 Å². The number of piperazine rings is 1. The van der Waals surface area contributed by atoms with Crippen molar-refractivity contribution in [3.63, 3.8) is 0 Å². The minimum Gasteiger partial charge on any atom is -0.361 e. The monoisotopic (exact) mass is 486 g/mol. The van der Waals surface area contributed by atoms with Gasteiger partial charge in [0, 0.05) is 56.2 Å². The molecule has 0 radical (unpaired) electrons. The average molecular weight is 487 g/mol. The second-order valence-electron chi connectivity index (χ2n) is 9.16. The number of nitrogens with one attached hydrogen (secondary N) is 2. The van der Waals surface area contributed by atoms with E-state index in [0.717, 1.165) is 36.1 Å². The maximum absolute atomic E-state index is 13.7. The highest BCUT2D eigenvalue weighted by Gasteiger charge is 2.30. The van der Waals surface area contributed by atoms with E-state index in [9.17, 15) is 9.59 Å². The molecule has 2 N–H and O–H groups in total. The van der Waals surface area contributed by atoms with Gasteiger partial charge in [0.05, 0.1) is 4.88 Å². The van der Waals surface area contributed by atoms with Gasteiger partial charge < -0.3 is 15.2 Å². The van der Waals surface area contributed by atoms with Crippen molar-refractivity contribution in [2.75, 3.05) is 26.2 Å². The second kappa shape index (κ2) is 10.5.